The number of anilines is 1. The molecule has 1 atom stereocenters. The van der Waals surface area contributed by atoms with Gasteiger partial charge in [0.25, 0.3) is 5.91 Å². The molecule has 1 aliphatic carbocycles. The Bertz CT molecular complexity index is 778. The Morgan fingerprint density at radius 1 is 1.29 bits per heavy atom. The topological polar surface area (TPSA) is 55.4 Å². The van der Waals surface area contributed by atoms with Gasteiger partial charge in [0.1, 0.15) is 4.88 Å². The third-order valence-corrected chi connectivity index (χ3v) is 5.86. The second-order valence-electron chi connectivity index (χ2n) is 5.93. The molecular formula is C18H18BrNO3S. The molecule has 0 radical (unpaired) electrons. The van der Waals surface area contributed by atoms with Crippen molar-refractivity contribution in [3.05, 3.63) is 49.6 Å². The number of hydrogen-bond donors (Lipinski definition) is 1. The van der Waals surface area contributed by atoms with Gasteiger partial charge in [0.05, 0.1) is 5.69 Å². The number of rotatable bonds is 4. The number of amides is 1. The zero-order valence-corrected chi connectivity index (χ0v) is 15.9. The molecule has 0 spiro atoms. The Hall–Kier alpha value is -1.66. The van der Waals surface area contributed by atoms with Crippen molar-refractivity contribution in [3.63, 3.8) is 0 Å². The molecule has 126 valence electrons. The lowest BCUT2D eigenvalue weighted by Gasteiger charge is -2.14. The summed E-state index contributed by atoms with van der Waals surface area (Å²) in [6.45, 7) is 3.55. The second-order valence-corrected chi connectivity index (χ2v) is 7.92. The Labute approximate surface area is 153 Å². The highest BCUT2D eigenvalue weighted by molar-refractivity contribution is 9.10. The Morgan fingerprint density at radius 2 is 2.08 bits per heavy atom. The van der Waals surface area contributed by atoms with Crippen LogP contribution in [-0.4, -0.2) is 18.0 Å². The second kappa shape index (κ2) is 7.07. The molecule has 24 heavy (non-hydrogen) atoms. The van der Waals surface area contributed by atoms with Crippen molar-refractivity contribution in [2.45, 2.75) is 39.2 Å². The highest BCUT2D eigenvalue weighted by Gasteiger charge is 2.23. The van der Waals surface area contributed by atoms with Crippen LogP contribution in [0.2, 0.25) is 0 Å². The summed E-state index contributed by atoms with van der Waals surface area (Å²) in [5, 5.41) is 2.77. The molecule has 0 aliphatic heterocycles. The maximum Gasteiger partial charge on any atom is 0.349 e. The van der Waals surface area contributed by atoms with Gasteiger partial charge < -0.3 is 10.1 Å². The van der Waals surface area contributed by atoms with Crippen LogP contribution in [-0.2, 0) is 22.4 Å². The van der Waals surface area contributed by atoms with Crippen molar-refractivity contribution in [1.82, 2.24) is 0 Å². The lowest BCUT2D eigenvalue weighted by molar-refractivity contribution is -0.123. The third kappa shape index (κ3) is 3.70. The van der Waals surface area contributed by atoms with Crippen LogP contribution in [0.15, 0.2) is 28.7 Å². The van der Waals surface area contributed by atoms with Crippen LogP contribution in [0.1, 0.15) is 39.0 Å². The summed E-state index contributed by atoms with van der Waals surface area (Å²) in [6.07, 6.45) is 2.35. The van der Waals surface area contributed by atoms with E-state index in [-0.39, 0.29) is 5.91 Å². The number of carbonyl (C=O) groups is 2. The maximum atomic E-state index is 12.3. The van der Waals surface area contributed by atoms with E-state index in [1.54, 1.807) is 6.92 Å². The van der Waals surface area contributed by atoms with Gasteiger partial charge in [-0.1, -0.05) is 6.07 Å². The molecular weight excluding hydrogens is 390 g/mol. The number of nitrogens with one attached hydrogen (secondary N) is 1. The van der Waals surface area contributed by atoms with Crippen LogP contribution in [0.25, 0.3) is 0 Å². The average molecular weight is 408 g/mol. The smallest absolute Gasteiger partial charge is 0.349 e. The number of hydrogen-bond acceptors (Lipinski definition) is 4. The van der Waals surface area contributed by atoms with Gasteiger partial charge in [-0.3, -0.25) is 4.79 Å². The summed E-state index contributed by atoms with van der Waals surface area (Å²) >= 11 is 4.89. The van der Waals surface area contributed by atoms with Gasteiger partial charge >= 0.3 is 5.97 Å². The van der Waals surface area contributed by atoms with Gasteiger partial charge in [-0.05, 0) is 78.4 Å². The quantitative estimate of drug-likeness (QED) is 0.759. The summed E-state index contributed by atoms with van der Waals surface area (Å²) < 4.78 is 6.11. The van der Waals surface area contributed by atoms with Gasteiger partial charge in [-0.15, -0.1) is 11.3 Å². The fourth-order valence-electron chi connectivity index (χ4n) is 2.66. The molecule has 0 fully saturated rings. The number of fused-ring (bicyclic) bond motifs is 1. The van der Waals surface area contributed by atoms with E-state index in [1.807, 2.05) is 31.2 Å². The van der Waals surface area contributed by atoms with Gasteiger partial charge in [0.2, 0.25) is 0 Å². The van der Waals surface area contributed by atoms with Crippen molar-refractivity contribution < 1.29 is 14.3 Å². The molecule has 1 amide bonds. The van der Waals surface area contributed by atoms with E-state index in [4.69, 9.17) is 4.74 Å². The molecule has 4 nitrogen and oxygen atoms in total. The third-order valence-electron chi connectivity index (χ3n) is 3.98. The van der Waals surface area contributed by atoms with E-state index in [1.165, 1.54) is 21.8 Å². The fraction of sp³-hybridized carbons (Fsp3) is 0.333. The fourth-order valence-corrected chi connectivity index (χ4v) is 4.39. The minimum atomic E-state index is -0.859. The summed E-state index contributed by atoms with van der Waals surface area (Å²) in [5.41, 5.74) is 2.99. The maximum absolute atomic E-state index is 12.3. The lowest BCUT2D eigenvalue weighted by Crippen LogP contribution is -2.29. The molecule has 3 rings (SSSR count). The number of ether oxygens (including phenoxy) is 1. The van der Waals surface area contributed by atoms with Gasteiger partial charge in [0, 0.05) is 9.35 Å². The monoisotopic (exact) mass is 407 g/mol. The summed E-state index contributed by atoms with van der Waals surface area (Å²) in [5.74, 6) is -0.781. The largest absolute Gasteiger partial charge is 0.448 e. The first-order valence-electron chi connectivity index (χ1n) is 7.83. The normalized spacial score (nSPS) is 14.1. The number of benzene rings is 1. The number of esters is 1. The molecule has 2 aromatic rings. The van der Waals surface area contributed by atoms with Gasteiger partial charge in [0.15, 0.2) is 6.10 Å². The van der Waals surface area contributed by atoms with Crippen molar-refractivity contribution in [2.24, 2.45) is 0 Å². The van der Waals surface area contributed by atoms with Crippen molar-refractivity contribution in [2.75, 3.05) is 5.32 Å². The first kappa shape index (κ1) is 17.2. The van der Waals surface area contributed by atoms with Crippen molar-refractivity contribution >= 4 is 44.8 Å². The number of thiophene rings is 1. The van der Waals surface area contributed by atoms with E-state index in [0.29, 0.717) is 10.6 Å². The number of aryl methyl sites for hydroxylation is 3. The number of carbonyl (C=O) groups excluding carboxylic acids is 2. The van der Waals surface area contributed by atoms with Crippen LogP contribution in [0, 0.1) is 6.92 Å². The predicted molar refractivity (Wildman–Crippen MR) is 98.7 cm³/mol. The molecule has 1 heterocycles. The van der Waals surface area contributed by atoms with Crippen LogP contribution in [0.4, 0.5) is 5.69 Å². The summed E-state index contributed by atoms with van der Waals surface area (Å²) in [6, 6.07) is 7.54. The highest BCUT2D eigenvalue weighted by atomic mass is 79.9. The minimum absolute atomic E-state index is 0.350. The zero-order valence-electron chi connectivity index (χ0n) is 13.5. The van der Waals surface area contributed by atoms with Crippen LogP contribution in [0.3, 0.4) is 0 Å². The van der Waals surface area contributed by atoms with E-state index >= 15 is 0 Å². The van der Waals surface area contributed by atoms with Crippen molar-refractivity contribution in [3.8, 4) is 0 Å². The van der Waals surface area contributed by atoms with Gasteiger partial charge in [-0.2, -0.15) is 0 Å². The average Bonchev–Trinajstić information content (AvgIpc) is 3.11. The predicted octanol–water partition coefficient (Wildman–Crippen LogP) is 4.49. The van der Waals surface area contributed by atoms with E-state index in [9.17, 15) is 9.59 Å². The van der Waals surface area contributed by atoms with Crippen LogP contribution < -0.4 is 5.32 Å². The molecule has 1 aromatic heterocycles. The van der Waals surface area contributed by atoms with E-state index in [0.717, 1.165) is 29.3 Å². The number of halogens is 1. The molecule has 0 saturated heterocycles. The standard InChI is InChI=1S/C18H18BrNO3S/c1-10-6-7-14(13(19)8-10)20-17(21)11(2)23-18(22)16-9-12-4-3-5-15(12)24-16/h6-9,11H,3-5H2,1-2H3,(H,20,21)/t11-/m1/s1. The molecule has 1 aliphatic rings. The summed E-state index contributed by atoms with van der Waals surface area (Å²) in [7, 11) is 0. The molecule has 0 saturated carbocycles. The minimum Gasteiger partial charge on any atom is -0.448 e. The van der Waals surface area contributed by atoms with Gasteiger partial charge in [-0.25, -0.2) is 4.79 Å². The zero-order chi connectivity index (χ0) is 17.3. The van der Waals surface area contributed by atoms with Crippen LogP contribution >= 0.6 is 27.3 Å². The Morgan fingerprint density at radius 3 is 2.79 bits per heavy atom. The van der Waals surface area contributed by atoms with Crippen molar-refractivity contribution in [1.29, 1.82) is 0 Å². The van der Waals surface area contributed by atoms with Crippen LogP contribution in [0.5, 0.6) is 0 Å². The molecule has 1 N–H and O–H groups in total. The molecule has 0 bridgehead atoms. The van der Waals surface area contributed by atoms with E-state index in [2.05, 4.69) is 21.2 Å². The first-order chi connectivity index (χ1) is 11.4. The van der Waals surface area contributed by atoms with E-state index < -0.39 is 12.1 Å². The molecule has 0 unspecified atom stereocenters. The molecule has 6 heteroatoms. The first-order valence-corrected chi connectivity index (χ1v) is 9.44. The summed E-state index contributed by atoms with van der Waals surface area (Å²) in [4.78, 5) is 26.3. The SMILES string of the molecule is Cc1ccc(NC(=O)[C@@H](C)OC(=O)c2cc3c(s2)CCC3)c(Br)c1. The Balaban J connectivity index is 1.61. The lowest BCUT2D eigenvalue weighted by atomic mass is 10.2. The Kier molecular flexibility index (Phi) is 5.06. The highest BCUT2D eigenvalue weighted by Crippen LogP contribution is 2.31. The molecule has 1 aromatic carbocycles.